The molecule has 26 heavy (non-hydrogen) atoms. The number of methoxy groups -OCH3 is 1. The van der Waals surface area contributed by atoms with Crippen LogP contribution in [0.15, 0.2) is 53.5 Å². The van der Waals surface area contributed by atoms with Crippen LogP contribution in [-0.2, 0) is 17.8 Å². The summed E-state index contributed by atoms with van der Waals surface area (Å²) >= 11 is 0. The third-order valence-electron chi connectivity index (χ3n) is 3.82. The normalized spacial score (nSPS) is 10.8. The average Bonchev–Trinajstić information content (AvgIpc) is 2.63. The second-order valence-corrected chi connectivity index (χ2v) is 5.88. The molecule has 3 N–H and O–H groups in total. The standard InChI is InChI=1S/C20H28N4O.HI/c1-16-5-4-6-18(13-16)15-24-20(21-2)23-14-17-7-9-19(10-8-17)22-11-12-25-3;/h4-10,13,22H,11-12,14-15H2,1-3H3,(H2,21,23,24);1H. The van der Waals surface area contributed by atoms with Crippen LogP contribution in [0.3, 0.4) is 0 Å². The molecule has 0 aliphatic rings. The SMILES string of the molecule is CN=C(NCc1ccc(NCCOC)cc1)NCc1cccc(C)c1.I. The first kappa shape index (κ1) is 22.2. The molecule has 2 aromatic carbocycles. The van der Waals surface area contributed by atoms with Gasteiger partial charge in [0, 0.05) is 39.5 Å². The first-order valence-electron chi connectivity index (χ1n) is 8.53. The predicted octanol–water partition coefficient (Wildman–Crippen LogP) is 3.54. The third-order valence-corrected chi connectivity index (χ3v) is 3.82. The first-order chi connectivity index (χ1) is 12.2. The van der Waals surface area contributed by atoms with Gasteiger partial charge >= 0.3 is 0 Å². The van der Waals surface area contributed by atoms with Gasteiger partial charge < -0.3 is 20.7 Å². The number of hydrogen-bond donors (Lipinski definition) is 3. The molecule has 0 amide bonds. The van der Waals surface area contributed by atoms with Crippen LogP contribution in [0.4, 0.5) is 5.69 Å². The zero-order valence-electron chi connectivity index (χ0n) is 15.7. The highest BCUT2D eigenvalue weighted by atomic mass is 127. The smallest absolute Gasteiger partial charge is 0.191 e. The summed E-state index contributed by atoms with van der Waals surface area (Å²) in [5.74, 6) is 0.795. The van der Waals surface area contributed by atoms with E-state index in [2.05, 4.69) is 76.4 Å². The van der Waals surface area contributed by atoms with E-state index in [9.17, 15) is 0 Å². The van der Waals surface area contributed by atoms with Crippen LogP contribution in [-0.4, -0.2) is 33.3 Å². The van der Waals surface area contributed by atoms with E-state index in [4.69, 9.17) is 4.74 Å². The lowest BCUT2D eigenvalue weighted by atomic mass is 10.1. The van der Waals surface area contributed by atoms with Crippen molar-refractivity contribution in [1.82, 2.24) is 10.6 Å². The Morgan fingerprint density at radius 1 is 1.00 bits per heavy atom. The molecule has 2 rings (SSSR count). The van der Waals surface area contributed by atoms with Crippen molar-refractivity contribution in [3.8, 4) is 0 Å². The van der Waals surface area contributed by atoms with Crippen molar-refractivity contribution in [2.45, 2.75) is 20.0 Å². The van der Waals surface area contributed by atoms with Crippen molar-refractivity contribution in [2.75, 3.05) is 32.6 Å². The third kappa shape index (κ3) is 8.05. The summed E-state index contributed by atoms with van der Waals surface area (Å²) in [6.45, 7) is 5.09. The fraction of sp³-hybridized carbons (Fsp3) is 0.350. The zero-order chi connectivity index (χ0) is 17.9. The molecular formula is C20H29IN4O. The van der Waals surface area contributed by atoms with E-state index >= 15 is 0 Å². The summed E-state index contributed by atoms with van der Waals surface area (Å²) in [5.41, 5.74) is 4.81. The van der Waals surface area contributed by atoms with Gasteiger partial charge in [0.05, 0.1) is 6.61 Å². The Morgan fingerprint density at radius 2 is 1.69 bits per heavy atom. The molecule has 2 aromatic rings. The highest BCUT2D eigenvalue weighted by molar-refractivity contribution is 14.0. The fourth-order valence-electron chi connectivity index (χ4n) is 2.45. The Morgan fingerprint density at radius 3 is 2.31 bits per heavy atom. The van der Waals surface area contributed by atoms with Crippen LogP contribution in [0, 0.1) is 6.92 Å². The van der Waals surface area contributed by atoms with Gasteiger partial charge in [0.15, 0.2) is 5.96 Å². The lowest BCUT2D eigenvalue weighted by molar-refractivity contribution is 0.211. The van der Waals surface area contributed by atoms with E-state index in [1.807, 2.05) is 0 Å². The number of halogens is 1. The summed E-state index contributed by atoms with van der Waals surface area (Å²) in [4.78, 5) is 4.28. The number of hydrogen-bond acceptors (Lipinski definition) is 3. The summed E-state index contributed by atoms with van der Waals surface area (Å²) in [6, 6.07) is 16.8. The molecule has 0 saturated carbocycles. The molecule has 0 aromatic heterocycles. The highest BCUT2D eigenvalue weighted by Gasteiger charge is 2.00. The number of benzene rings is 2. The number of nitrogens with zero attached hydrogens (tertiary/aromatic N) is 1. The number of guanidine groups is 1. The Hall–Kier alpha value is -1.80. The van der Waals surface area contributed by atoms with Gasteiger partial charge in [0.1, 0.15) is 0 Å². The van der Waals surface area contributed by atoms with Gasteiger partial charge in [-0.3, -0.25) is 4.99 Å². The minimum absolute atomic E-state index is 0. The van der Waals surface area contributed by atoms with E-state index < -0.39 is 0 Å². The van der Waals surface area contributed by atoms with E-state index in [0.717, 1.165) is 31.3 Å². The molecule has 0 unspecified atom stereocenters. The number of aryl methyl sites for hydroxylation is 1. The molecule has 0 fully saturated rings. The molecule has 0 heterocycles. The van der Waals surface area contributed by atoms with Gasteiger partial charge in [-0.05, 0) is 30.2 Å². The van der Waals surface area contributed by atoms with E-state index in [1.54, 1.807) is 14.2 Å². The van der Waals surface area contributed by atoms with Crippen LogP contribution in [0.5, 0.6) is 0 Å². The molecule has 0 aliphatic heterocycles. The van der Waals surface area contributed by atoms with E-state index in [1.165, 1.54) is 16.7 Å². The molecule has 0 saturated heterocycles. The van der Waals surface area contributed by atoms with Crippen LogP contribution in [0.25, 0.3) is 0 Å². The quantitative estimate of drug-likeness (QED) is 0.240. The van der Waals surface area contributed by atoms with Crippen molar-refractivity contribution in [2.24, 2.45) is 4.99 Å². The molecule has 0 atom stereocenters. The summed E-state index contributed by atoms with van der Waals surface area (Å²) in [6.07, 6.45) is 0. The zero-order valence-corrected chi connectivity index (χ0v) is 18.0. The number of nitrogens with one attached hydrogen (secondary N) is 3. The molecule has 142 valence electrons. The van der Waals surface area contributed by atoms with Crippen LogP contribution in [0.2, 0.25) is 0 Å². The largest absolute Gasteiger partial charge is 0.383 e. The molecule has 0 bridgehead atoms. The van der Waals surface area contributed by atoms with Gasteiger partial charge in [-0.2, -0.15) is 0 Å². The molecule has 0 spiro atoms. The number of ether oxygens (including phenoxy) is 1. The van der Waals surface area contributed by atoms with Gasteiger partial charge in [0.25, 0.3) is 0 Å². The summed E-state index contributed by atoms with van der Waals surface area (Å²) in [7, 11) is 3.49. The molecule has 0 radical (unpaired) electrons. The Kier molecular flexibility index (Phi) is 10.7. The van der Waals surface area contributed by atoms with E-state index in [0.29, 0.717) is 6.61 Å². The Balaban J connectivity index is 0.00000338. The fourth-order valence-corrected chi connectivity index (χ4v) is 2.45. The number of anilines is 1. The molecular weight excluding hydrogens is 439 g/mol. The molecule has 0 aliphatic carbocycles. The monoisotopic (exact) mass is 468 g/mol. The van der Waals surface area contributed by atoms with Gasteiger partial charge in [0.2, 0.25) is 0 Å². The Bertz CT molecular complexity index is 674. The van der Waals surface area contributed by atoms with Crippen molar-refractivity contribution in [3.63, 3.8) is 0 Å². The number of rotatable bonds is 8. The summed E-state index contributed by atoms with van der Waals surface area (Å²) in [5, 5.41) is 9.99. The van der Waals surface area contributed by atoms with Crippen LogP contribution >= 0.6 is 24.0 Å². The van der Waals surface area contributed by atoms with Crippen LogP contribution in [0.1, 0.15) is 16.7 Å². The highest BCUT2D eigenvalue weighted by Crippen LogP contribution is 2.09. The van der Waals surface area contributed by atoms with Crippen molar-refractivity contribution >= 4 is 35.6 Å². The number of aliphatic imine (C=N–C) groups is 1. The minimum atomic E-state index is 0. The first-order valence-corrected chi connectivity index (χ1v) is 8.53. The maximum Gasteiger partial charge on any atom is 0.191 e. The summed E-state index contributed by atoms with van der Waals surface area (Å²) < 4.78 is 5.03. The second kappa shape index (κ2) is 12.5. The average molecular weight is 468 g/mol. The maximum absolute atomic E-state index is 5.03. The molecule has 5 nitrogen and oxygen atoms in total. The topological polar surface area (TPSA) is 57.7 Å². The van der Waals surface area contributed by atoms with Crippen molar-refractivity contribution in [3.05, 3.63) is 65.2 Å². The van der Waals surface area contributed by atoms with Crippen molar-refractivity contribution in [1.29, 1.82) is 0 Å². The maximum atomic E-state index is 5.03. The molecule has 6 heteroatoms. The lowest BCUT2D eigenvalue weighted by Gasteiger charge is -2.13. The van der Waals surface area contributed by atoms with Crippen LogP contribution < -0.4 is 16.0 Å². The minimum Gasteiger partial charge on any atom is -0.383 e. The van der Waals surface area contributed by atoms with Gasteiger partial charge in [-0.1, -0.05) is 42.0 Å². The van der Waals surface area contributed by atoms with E-state index in [-0.39, 0.29) is 24.0 Å². The second-order valence-electron chi connectivity index (χ2n) is 5.88. The predicted molar refractivity (Wildman–Crippen MR) is 120 cm³/mol. The van der Waals surface area contributed by atoms with Gasteiger partial charge in [-0.25, -0.2) is 0 Å². The Labute approximate surface area is 173 Å². The van der Waals surface area contributed by atoms with Crippen molar-refractivity contribution < 1.29 is 4.74 Å². The van der Waals surface area contributed by atoms with Gasteiger partial charge in [-0.15, -0.1) is 24.0 Å². The lowest BCUT2D eigenvalue weighted by Crippen LogP contribution is -2.36.